The zero-order valence-corrected chi connectivity index (χ0v) is 5.76. The van der Waals surface area contributed by atoms with Crippen LogP contribution in [0.2, 0.25) is 0 Å². The molecular formula is C6H2N4O2. The third-order valence-corrected chi connectivity index (χ3v) is 1.48. The lowest BCUT2D eigenvalue weighted by Crippen LogP contribution is -1.82. The molecule has 3 aromatic rings. The minimum absolute atomic E-state index is 0.360. The van der Waals surface area contributed by atoms with Gasteiger partial charge in [0.2, 0.25) is 11.3 Å². The Bertz CT molecular complexity index is 449. The summed E-state index contributed by atoms with van der Waals surface area (Å²) in [6, 6.07) is 0. The smallest absolute Gasteiger partial charge is 0.269 e. The fraction of sp³-hybridized carbons (Fsp3) is 0. The van der Waals surface area contributed by atoms with Gasteiger partial charge in [0.25, 0.3) is 11.4 Å². The van der Waals surface area contributed by atoms with Crippen LogP contribution in [0.25, 0.3) is 22.7 Å². The lowest BCUT2D eigenvalue weighted by molar-refractivity contribution is 0.571. The van der Waals surface area contributed by atoms with Crippen LogP contribution in [0.15, 0.2) is 21.6 Å². The molecule has 0 fully saturated rings. The molecule has 3 aromatic heterocycles. The summed E-state index contributed by atoms with van der Waals surface area (Å²) in [7, 11) is 0. The van der Waals surface area contributed by atoms with Crippen molar-refractivity contribution in [3.05, 3.63) is 12.8 Å². The molecule has 0 saturated carbocycles. The van der Waals surface area contributed by atoms with Crippen LogP contribution in [0.5, 0.6) is 0 Å². The van der Waals surface area contributed by atoms with Gasteiger partial charge in [-0.15, -0.1) is 0 Å². The van der Waals surface area contributed by atoms with Crippen molar-refractivity contribution in [2.75, 3.05) is 0 Å². The summed E-state index contributed by atoms with van der Waals surface area (Å²) in [6.45, 7) is 0. The molecule has 3 heterocycles. The summed E-state index contributed by atoms with van der Waals surface area (Å²) in [6.07, 6.45) is 2.56. The van der Waals surface area contributed by atoms with E-state index in [4.69, 9.17) is 8.83 Å². The first kappa shape index (κ1) is 5.64. The molecule has 0 saturated heterocycles. The first-order valence-corrected chi connectivity index (χ1v) is 3.24. The molecule has 3 rings (SSSR count). The predicted octanol–water partition coefficient (Wildman–Crippen LogP) is 0.759. The maximum absolute atomic E-state index is 4.92. The van der Waals surface area contributed by atoms with Gasteiger partial charge in [-0.1, -0.05) is 0 Å². The minimum atomic E-state index is 0.360. The molecule has 6 heteroatoms. The molecule has 0 N–H and O–H groups in total. The summed E-state index contributed by atoms with van der Waals surface area (Å²) >= 11 is 0. The molecule has 0 unspecified atom stereocenters. The summed E-state index contributed by atoms with van der Waals surface area (Å²) in [4.78, 5) is 15.7. The van der Waals surface area contributed by atoms with Crippen molar-refractivity contribution in [2.45, 2.75) is 0 Å². The van der Waals surface area contributed by atoms with Gasteiger partial charge in [-0.3, -0.25) is 0 Å². The van der Waals surface area contributed by atoms with E-state index in [1.54, 1.807) is 0 Å². The SMILES string of the molecule is c1nc2nc3ncoc3nc2o1. The number of rotatable bonds is 0. The van der Waals surface area contributed by atoms with Crippen molar-refractivity contribution < 1.29 is 8.83 Å². The van der Waals surface area contributed by atoms with E-state index < -0.39 is 0 Å². The Kier molecular flexibility index (Phi) is 0.840. The van der Waals surface area contributed by atoms with Crippen molar-refractivity contribution in [3.63, 3.8) is 0 Å². The zero-order valence-electron chi connectivity index (χ0n) is 5.76. The quantitative estimate of drug-likeness (QED) is 0.485. The van der Waals surface area contributed by atoms with Crippen molar-refractivity contribution in [2.24, 2.45) is 0 Å². The Morgan fingerprint density at radius 1 is 0.833 bits per heavy atom. The molecule has 0 aliphatic rings. The minimum Gasteiger partial charge on any atom is -0.424 e. The molecule has 12 heavy (non-hydrogen) atoms. The highest BCUT2D eigenvalue weighted by atomic mass is 16.4. The van der Waals surface area contributed by atoms with Gasteiger partial charge >= 0.3 is 0 Å². The largest absolute Gasteiger partial charge is 0.424 e. The van der Waals surface area contributed by atoms with Gasteiger partial charge in [-0.05, 0) is 0 Å². The Labute approximate surface area is 65.3 Å². The number of nitrogens with zero attached hydrogens (tertiary/aromatic N) is 4. The molecule has 0 amide bonds. The van der Waals surface area contributed by atoms with Crippen molar-refractivity contribution >= 4 is 22.7 Å². The number of hydrogen-bond donors (Lipinski definition) is 0. The van der Waals surface area contributed by atoms with E-state index >= 15 is 0 Å². The van der Waals surface area contributed by atoms with Gasteiger partial charge in [-0.25, -0.2) is 0 Å². The maximum Gasteiger partial charge on any atom is 0.269 e. The molecule has 6 nitrogen and oxygen atoms in total. The molecule has 0 radical (unpaired) electrons. The van der Waals surface area contributed by atoms with Crippen molar-refractivity contribution in [1.29, 1.82) is 0 Å². The highest BCUT2D eigenvalue weighted by molar-refractivity contribution is 5.74. The van der Waals surface area contributed by atoms with Gasteiger partial charge in [0.15, 0.2) is 12.8 Å². The van der Waals surface area contributed by atoms with Crippen molar-refractivity contribution in [1.82, 2.24) is 19.9 Å². The highest BCUT2D eigenvalue weighted by Gasteiger charge is 2.07. The standard InChI is InChI=1S/C6H2N4O2/c1-7-3-5(11-1)10-6-4(9-3)8-2-12-6/h1-2H. The zero-order chi connectivity index (χ0) is 7.97. The molecule has 0 atom stereocenters. The van der Waals surface area contributed by atoms with E-state index in [-0.39, 0.29) is 0 Å². The molecule has 58 valence electrons. The van der Waals surface area contributed by atoms with Crippen molar-refractivity contribution in [3.8, 4) is 0 Å². The van der Waals surface area contributed by atoms with Crippen LogP contribution in [-0.2, 0) is 0 Å². The second kappa shape index (κ2) is 1.79. The second-order valence-corrected chi connectivity index (χ2v) is 2.19. The summed E-state index contributed by atoms with van der Waals surface area (Å²) in [5.41, 5.74) is 1.60. The Morgan fingerprint density at radius 3 is 2.00 bits per heavy atom. The normalized spacial score (nSPS) is 11.3. The summed E-state index contributed by atoms with van der Waals surface area (Å²) in [5.74, 6) is 0. The summed E-state index contributed by atoms with van der Waals surface area (Å²) in [5, 5.41) is 0. The van der Waals surface area contributed by atoms with E-state index in [9.17, 15) is 0 Å². The average Bonchev–Trinajstić information content (AvgIpc) is 2.64. The number of oxazole rings is 2. The monoisotopic (exact) mass is 162 g/mol. The fourth-order valence-electron chi connectivity index (χ4n) is 0.967. The lowest BCUT2D eigenvalue weighted by atomic mass is 10.6. The molecule has 0 spiro atoms. The fourth-order valence-corrected chi connectivity index (χ4v) is 0.967. The molecule has 0 bridgehead atoms. The van der Waals surface area contributed by atoms with Gasteiger partial charge < -0.3 is 8.83 Å². The highest BCUT2D eigenvalue weighted by Crippen LogP contribution is 2.12. The van der Waals surface area contributed by atoms with E-state index in [2.05, 4.69) is 19.9 Å². The Hall–Kier alpha value is -1.98. The molecule has 0 aliphatic heterocycles. The van der Waals surface area contributed by atoms with Gasteiger partial charge in [0.05, 0.1) is 0 Å². The van der Waals surface area contributed by atoms with Gasteiger partial charge in [0.1, 0.15) is 0 Å². The van der Waals surface area contributed by atoms with Gasteiger partial charge in [-0.2, -0.15) is 19.9 Å². The lowest BCUT2D eigenvalue weighted by Gasteiger charge is -1.83. The van der Waals surface area contributed by atoms with E-state index in [0.29, 0.717) is 22.7 Å². The first-order valence-electron chi connectivity index (χ1n) is 3.24. The number of fused-ring (bicyclic) bond motifs is 2. The van der Waals surface area contributed by atoms with E-state index in [1.165, 1.54) is 12.8 Å². The van der Waals surface area contributed by atoms with Crippen LogP contribution in [-0.4, -0.2) is 19.9 Å². The first-order chi connectivity index (χ1) is 5.93. The molecule has 0 aliphatic carbocycles. The predicted molar refractivity (Wildman–Crippen MR) is 37.2 cm³/mol. The van der Waals surface area contributed by atoms with E-state index in [1.807, 2.05) is 0 Å². The van der Waals surface area contributed by atoms with E-state index in [0.717, 1.165) is 0 Å². The second-order valence-electron chi connectivity index (χ2n) is 2.19. The maximum atomic E-state index is 4.92. The molecular weight excluding hydrogens is 160 g/mol. The number of aromatic nitrogens is 4. The Morgan fingerprint density at radius 2 is 1.42 bits per heavy atom. The van der Waals surface area contributed by atoms with Gasteiger partial charge in [0, 0.05) is 0 Å². The third kappa shape index (κ3) is 0.584. The average molecular weight is 162 g/mol. The molecule has 0 aromatic carbocycles. The third-order valence-electron chi connectivity index (χ3n) is 1.48. The topological polar surface area (TPSA) is 77.8 Å². The number of hydrogen-bond acceptors (Lipinski definition) is 6. The van der Waals surface area contributed by atoms with Crippen LogP contribution >= 0.6 is 0 Å². The Balaban J connectivity index is 2.62. The van der Waals surface area contributed by atoms with Crippen LogP contribution in [0.4, 0.5) is 0 Å². The van der Waals surface area contributed by atoms with Crippen LogP contribution < -0.4 is 0 Å². The van der Waals surface area contributed by atoms with Crippen LogP contribution in [0.3, 0.4) is 0 Å². The van der Waals surface area contributed by atoms with Crippen LogP contribution in [0.1, 0.15) is 0 Å². The summed E-state index contributed by atoms with van der Waals surface area (Å²) < 4.78 is 9.85. The van der Waals surface area contributed by atoms with Crippen LogP contribution in [0, 0.1) is 0 Å².